The van der Waals surface area contributed by atoms with Crippen molar-refractivity contribution in [2.24, 2.45) is 0 Å². The molecule has 0 bridgehead atoms. The lowest BCUT2D eigenvalue weighted by Crippen LogP contribution is -2.21. The second-order valence-electron chi connectivity index (χ2n) is 6.94. The summed E-state index contributed by atoms with van der Waals surface area (Å²) in [4.78, 5) is 47.0. The number of rotatable bonds is 9. The molecule has 0 aliphatic heterocycles. The van der Waals surface area contributed by atoms with Crippen molar-refractivity contribution in [1.29, 1.82) is 0 Å². The van der Waals surface area contributed by atoms with Crippen molar-refractivity contribution in [2.75, 3.05) is 17.2 Å². The molecule has 11 heteroatoms. The highest BCUT2D eigenvalue weighted by atomic mass is 35.5. The van der Waals surface area contributed by atoms with Crippen LogP contribution in [0.2, 0.25) is 5.02 Å². The van der Waals surface area contributed by atoms with Gasteiger partial charge in [0.15, 0.2) is 12.4 Å². The van der Waals surface area contributed by atoms with Crippen LogP contribution in [-0.2, 0) is 25.3 Å². The molecule has 2 aromatic carbocycles. The van der Waals surface area contributed by atoms with Gasteiger partial charge in [0, 0.05) is 24.1 Å². The number of carbonyl (C=O) groups is 4. The number of carbonyl (C=O) groups excluding carboxylic acids is 4. The third kappa shape index (κ3) is 8.57. The molecule has 0 unspecified atom stereocenters. The number of halogens is 4. The van der Waals surface area contributed by atoms with Crippen molar-refractivity contribution in [3.8, 4) is 0 Å². The number of amides is 2. The highest BCUT2D eigenvalue weighted by molar-refractivity contribution is 6.33. The monoisotopic (exact) mass is 484 g/mol. The Hall–Kier alpha value is -3.40. The lowest BCUT2D eigenvalue weighted by atomic mass is 10.1. The van der Waals surface area contributed by atoms with Crippen LogP contribution in [-0.4, -0.2) is 30.2 Å². The van der Waals surface area contributed by atoms with Crippen LogP contribution in [0.5, 0.6) is 0 Å². The van der Waals surface area contributed by atoms with Crippen molar-refractivity contribution >= 4 is 46.5 Å². The van der Waals surface area contributed by atoms with E-state index in [2.05, 4.69) is 10.6 Å². The van der Waals surface area contributed by atoms with Crippen LogP contribution in [0.25, 0.3) is 0 Å². The average molecular weight is 485 g/mol. The number of hydrogen-bond donors (Lipinski definition) is 2. The van der Waals surface area contributed by atoms with Crippen LogP contribution in [0.1, 0.15) is 42.1 Å². The molecular weight excluding hydrogens is 465 g/mol. The van der Waals surface area contributed by atoms with E-state index in [1.165, 1.54) is 13.0 Å². The Morgan fingerprint density at radius 3 is 2.36 bits per heavy atom. The number of nitrogens with one attached hydrogen (secondary N) is 2. The first-order valence-corrected chi connectivity index (χ1v) is 10.1. The van der Waals surface area contributed by atoms with Gasteiger partial charge in [-0.15, -0.1) is 0 Å². The summed E-state index contributed by atoms with van der Waals surface area (Å²) >= 11 is 5.79. The quantitative estimate of drug-likeness (QED) is 0.391. The normalized spacial score (nSPS) is 10.9. The smallest absolute Gasteiger partial charge is 0.416 e. The third-order valence-electron chi connectivity index (χ3n) is 4.27. The Balaban J connectivity index is 1.74. The summed E-state index contributed by atoms with van der Waals surface area (Å²) in [6, 6.07) is 8.83. The van der Waals surface area contributed by atoms with E-state index in [-0.39, 0.29) is 41.7 Å². The van der Waals surface area contributed by atoms with Crippen molar-refractivity contribution in [3.63, 3.8) is 0 Å². The van der Waals surface area contributed by atoms with Crippen molar-refractivity contribution in [2.45, 2.75) is 32.4 Å². The first-order valence-electron chi connectivity index (χ1n) is 9.69. The summed E-state index contributed by atoms with van der Waals surface area (Å²) in [5.41, 5.74) is -0.371. The van der Waals surface area contributed by atoms with E-state index in [1.807, 2.05) is 0 Å². The van der Waals surface area contributed by atoms with Gasteiger partial charge in [0.2, 0.25) is 5.91 Å². The predicted molar refractivity (Wildman–Crippen MR) is 115 cm³/mol. The van der Waals surface area contributed by atoms with Gasteiger partial charge in [-0.25, -0.2) is 0 Å². The standard InChI is InChI=1S/C22H20ClF3N2O5/c1-13(29)14-4-2-5-16(10-14)27-19(30)6-3-7-21(32)33-12-20(31)28-18-11-15(22(24,25)26)8-9-17(18)23/h2,4-5,8-11H,3,6-7,12H2,1H3,(H,27,30)(H,28,31). The zero-order valence-corrected chi connectivity index (χ0v) is 18.2. The van der Waals surface area contributed by atoms with Gasteiger partial charge in [-0.1, -0.05) is 23.7 Å². The van der Waals surface area contributed by atoms with Crippen LogP contribution in [0, 0.1) is 0 Å². The largest absolute Gasteiger partial charge is 0.456 e. The van der Waals surface area contributed by atoms with Gasteiger partial charge in [-0.05, 0) is 43.7 Å². The number of esters is 1. The number of ketones is 1. The molecule has 2 N–H and O–H groups in total. The van der Waals surface area contributed by atoms with Crippen LogP contribution in [0.15, 0.2) is 42.5 Å². The van der Waals surface area contributed by atoms with Gasteiger partial charge < -0.3 is 15.4 Å². The Kier molecular flexibility index (Phi) is 8.98. The summed E-state index contributed by atoms with van der Waals surface area (Å²) in [5, 5.41) is 4.66. The second-order valence-corrected chi connectivity index (χ2v) is 7.35. The molecule has 176 valence electrons. The van der Waals surface area contributed by atoms with Gasteiger partial charge in [0.05, 0.1) is 16.3 Å². The zero-order valence-electron chi connectivity index (χ0n) is 17.4. The van der Waals surface area contributed by atoms with Crippen LogP contribution in [0.4, 0.5) is 24.5 Å². The molecule has 2 aromatic rings. The van der Waals surface area contributed by atoms with E-state index >= 15 is 0 Å². The lowest BCUT2D eigenvalue weighted by molar-refractivity contribution is -0.147. The number of Topliss-reactive ketones (excluding diaryl/α,β-unsaturated/α-hetero) is 1. The molecule has 0 saturated heterocycles. The van der Waals surface area contributed by atoms with E-state index in [0.29, 0.717) is 17.3 Å². The molecule has 0 fully saturated rings. The summed E-state index contributed by atoms with van der Waals surface area (Å²) in [7, 11) is 0. The summed E-state index contributed by atoms with van der Waals surface area (Å²) in [6.45, 7) is 0.677. The average Bonchev–Trinajstić information content (AvgIpc) is 2.73. The van der Waals surface area contributed by atoms with Gasteiger partial charge in [0.1, 0.15) is 0 Å². The summed E-state index contributed by atoms with van der Waals surface area (Å²) in [5.74, 6) is -2.15. The first-order chi connectivity index (χ1) is 15.5. The van der Waals surface area contributed by atoms with Gasteiger partial charge in [-0.3, -0.25) is 19.2 Å². The molecule has 0 spiro atoms. The van der Waals surface area contributed by atoms with Crippen LogP contribution < -0.4 is 10.6 Å². The maximum absolute atomic E-state index is 12.8. The molecule has 0 heterocycles. The number of hydrogen-bond acceptors (Lipinski definition) is 5. The minimum atomic E-state index is -4.61. The van der Waals surface area contributed by atoms with Gasteiger partial charge in [0.25, 0.3) is 5.91 Å². The minimum absolute atomic E-state index is 0.00849. The Bertz CT molecular complexity index is 1060. The van der Waals surface area contributed by atoms with Crippen LogP contribution >= 0.6 is 11.6 Å². The zero-order chi connectivity index (χ0) is 24.6. The van der Waals surface area contributed by atoms with Gasteiger partial charge >= 0.3 is 12.1 Å². The topological polar surface area (TPSA) is 102 Å². The summed E-state index contributed by atoms with van der Waals surface area (Å²) in [6.07, 6.45) is -4.64. The first kappa shape index (κ1) is 25.9. The minimum Gasteiger partial charge on any atom is -0.456 e. The highest BCUT2D eigenvalue weighted by Crippen LogP contribution is 2.33. The van der Waals surface area contributed by atoms with E-state index < -0.39 is 30.2 Å². The Morgan fingerprint density at radius 1 is 0.970 bits per heavy atom. The summed E-state index contributed by atoms with van der Waals surface area (Å²) < 4.78 is 43.1. The number of benzene rings is 2. The van der Waals surface area contributed by atoms with Crippen molar-refractivity contribution in [1.82, 2.24) is 0 Å². The Labute approximate surface area is 192 Å². The molecule has 0 atom stereocenters. The molecule has 7 nitrogen and oxygen atoms in total. The third-order valence-corrected chi connectivity index (χ3v) is 4.60. The van der Waals surface area contributed by atoms with Crippen molar-refractivity contribution in [3.05, 3.63) is 58.6 Å². The van der Waals surface area contributed by atoms with Crippen LogP contribution in [0.3, 0.4) is 0 Å². The molecule has 0 saturated carbocycles. The molecule has 2 amide bonds. The SMILES string of the molecule is CC(=O)c1cccc(NC(=O)CCCC(=O)OCC(=O)Nc2cc(C(F)(F)F)ccc2Cl)c1. The maximum atomic E-state index is 12.8. The number of anilines is 2. The maximum Gasteiger partial charge on any atom is 0.416 e. The molecule has 0 aromatic heterocycles. The second kappa shape index (κ2) is 11.5. The lowest BCUT2D eigenvalue weighted by Gasteiger charge is -2.12. The fraction of sp³-hybridized carbons (Fsp3) is 0.273. The molecule has 0 aliphatic rings. The molecule has 0 aliphatic carbocycles. The molecule has 0 radical (unpaired) electrons. The number of alkyl halides is 3. The van der Waals surface area contributed by atoms with E-state index in [1.54, 1.807) is 18.2 Å². The van der Waals surface area contributed by atoms with E-state index in [0.717, 1.165) is 12.1 Å². The molecule has 2 rings (SSSR count). The van der Waals surface area contributed by atoms with Gasteiger partial charge in [-0.2, -0.15) is 13.2 Å². The predicted octanol–water partition coefficient (Wildman–Crippen LogP) is 4.85. The fourth-order valence-electron chi connectivity index (χ4n) is 2.63. The van der Waals surface area contributed by atoms with E-state index in [4.69, 9.17) is 16.3 Å². The Morgan fingerprint density at radius 2 is 1.70 bits per heavy atom. The highest BCUT2D eigenvalue weighted by Gasteiger charge is 2.31. The molecule has 33 heavy (non-hydrogen) atoms. The fourth-order valence-corrected chi connectivity index (χ4v) is 2.80. The molecular formula is C22H20ClF3N2O5. The van der Waals surface area contributed by atoms with Crippen molar-refractivity contribution < 1.29 is 37.1 Å². The van der Waals surface area contributed by atoms with E-state index in [9.17, 15) is 32.3 Å². The number of ether oxygens (including phenoxy) is 1.